The smallest absolute Gasteiger partial charge is 0.337 e. The molecule has 46 heavy (non-hydrogen) atoms. The molecule has 1 amide bonds. The summed E-state index contributed by atoms with van der Waals surface area (Å²) < 4.78 is 31.1. The first-order valence-electron chi connectivity index (χ1n) is 15.3. The molecule has 1 aliphatic heterocycles. The van der Waals surface area contributed by atoms with E-state index in [9.17, 15) is 14.7 Å². The van der Waals surface area contributed by atoms with Crippen molar-refractivity contribution in [3.05, 3.63) is 76.0 Å². The number of carboxylic acid groups (broad SMARTS) is 1. The highest BCUT2D eigenvalue weighted by atomic mass is 19.1. The van der Waals surface area contributed by atoms with Crippen LogP contribution in [0.1, 0.15) is 71.7 Å². The number of carbonyl (C=O) groups excluding carboxylic acids is 1. The normalized spacial score (nSPS) is 13.9. The Hall–Kier alpha value is -4.77. The molecule has 2 aromatic carbocycles. The summed E-state index contributed by atoms with van der Waals surface area (Å²) in [6, 6.07) is 8.73. The predicted octanol–water partition coefficient (Wildman–Crippen LogP) is 6.08. The summed E-state index contributed by atoms with van der Waals surface area (Å²) in [4.78, 5) is 30.9. The Morgan fingerprint density at radius 2 is 1.93 bits per heavy atom. The molecule has 2 N–H and O–H groups in total. The number of ether oxygens (including phenoxy) is 2. The van der Waals surface area contributed by atoms with Crippen LogP contribution in [-0.2, 0) is 36.6 Å². The molecule has 3 aromatic heterocycles. The Morgan fingerprint density at radius 3 is 2.65 bits per heavy atom. The Labute approximate surface area is 266 Å². The number of rotatable bonds is 7. The number of carbonyl (C=O) groups is 2. The first-order chi connectivity index (χ1) is 21.7. The zero-order valence-electron chi connectivity index (χ0n) is 27.1. The van der Waals surface area contributed by atoms with Crippen LogP contribution in [0.4, 0.5) is 4.39 Å². The number of aryl methyl sites for hydroxylation is 3. The largest absolute Gasteiger partial charge is 0.490 e. The summed E-state index contributed by atoms with van der Waals surface area (Å²) in [5.41, 5.74) is 5.44. The molecule has 1 aliphatic rings. The van der Waals surface area contributed by atoms with Crippen LogP contribution in [0.25, 0.3) is 33.1 Å². The van der Waals surface area contributed by atoms with E-state index in [0.717, 1.165) is 34.1 Å². The van der Waals surface area contributed by atoms with Gasteiger partial charge in [-0.3, -0.25) is 9.48 Å². The molecule has 0 saturated carbocycles. The lowest BCUT2D eigenvalue weighted by molar-refractivity contribution is -0.160. The molecule has 5 aromatic rings. The number of nitrogens with one attached hydrogen (secondary N) is 1. The van der Waals surface area contributed by atoms with Crippen molar-refractivity contribution >= 4 is 33.8 Å². The van der Waals surface area contributed by atoms with Crippen molar-refractivity contribution in [2.45, 2.75) is 65.7 Å². The molecular formula is C35H38FN5O5. The molecule has 1 atom stereocenters. The number of pyridine rings is 1. The number of hydrogen-bond acceptors (Lipinski definition) is 6. The molecule has 240 valence electrons. The van der Waals surface area contributed by atoms with Gasteiger partial charge in [-0.1, -0.05) is 0 Å². The Bertz CT molecular complexity index is 2040. The lowest BCUT2D eigenvalue weighted by Gasteiger charge is -2.29. The lowest BCUT2D eigenvalue weighted by atomic mass is 9.86. The average Bonchev–Trinajstić information content (AvgIpc) is 3.53. The molecule has 10 nitrogen and oxygen atoms in total. The van der Waals surface area contributed by atoms with Crippen LogP contribution in [-0.4, -0.2) is 48.5 Å². The molecule has 6 rings (SSSR count). The fraction of sp³-hybridized carbons (Fsp3) is 0.371. The maximum absolute atomic E-state index is 15.7. The minimum absolute atomic E-state index is 0.177. The van der Waals surface area contributed by atoms with E-state index in [-0.39, 0.29) is 18.2 Å². The second-order valence-electron chi connectivity index (χ2n) is 12.9. The molecule has 0 saturated heterocycles. The molecule has 11 heteroatoms. The van der Waals surface area contributed by atoms with Gasteiger partial charge >= 0.3 is 5.97 Å². The summed E-state index contributed by atoms with van der Waals surface area (Å²) in [6.07, 6.45) is 1.75. The van der Waals surface area contributed by atoms with E-state index in [1.165, 1.54) is 6.07 Å². The number of hydrogen-bond donors (Lipinski definition) is 2. The quantitative estimate of drug-likeness (QED) is 0.224. The van der Waals surface area contributed by atoms with E-state index in [2.05, 4.69) is 10.4 Å². The fourth-order valence-electron chi connectivity index (χ4n) is 6.37. The first kappa shape index (κ1) is 31.2. The minimum atomic E-state index is -1.37. The van der Waals surface area contributed by atoms with Gasteiger partial charge in [0.15, 0.2) is 17.7 Å². The fourth-order valence-corrected chi connectivity index (χ4v) is 6.37. The van der Waals surface area contributed by atoms with Gasteiger partial charge in [-0.25, -0.2) is 14.2 Å². The number of benzene rings is 2. The molecule has 0 spiro atoms. The third kappa shape index (κ3) is 5.49. The Balaban J connectivity index is 1.50. The number of aromatic nitrogens is 4. The minimum Gasteiger partial charge on any atom is -0.490 e. The monoisotopic (exact) mass is 627 g/mol. The summed E-state index contributed by atoms with van der Waals surface area (Å²) >= 11 is 0. The number of fused-ring (bicyclic) bond motifs is 3. The van der Waals surface area contributed by atoms with Gasteiger partial charge in [-0.05, 0) is 88.9 Å². The van der Waals surface area contributed by atoms with Crippen LogP contribution in [0.5, 0.6) is 5.75 Å². The van der Waals surface area contributed by atoms with E-state index >= 15 is 4.39 Å². The number of amides is 1. The van der Waals surface area contributed by atoms with Crippen molar-refractivity contribution in [1.29, 1.82) is 0 Å². The standard InChI is InChI=1S/C35H38FN5O5/c1-18-23-9-8-12-45-30(23)26(36)15-24(18)29-25-14-22(17-37-33(42)20-10-11-27-21(13-20)16-38-41(27)7)40(6)32(25)39-19(2)28(29)31(34(43)44)46-35(3,4)5/h10-11,13-16,31H,8-9,12,17H2,1-7H3,(H,37,42)(H,43,44)/t31-/m0/s1. The molecule has 0 bridgehead atoms. The van der Waals surface area contributed by atoms with Crippen molar-refractivity contribution in [1.82, 2.24) is 24.6 Å². The highest BCUT2D eigenvalue weighted by Crippen LogP contribution is 2.44. The maximum atomic E-state index is 15.7. The summed E-state index contributed by atoms with van der Waals surface area (Å²) in [5, 5.41) is 19.2. The van der Waals surface area contributed by atoms with Crippen molar-refractivity contribution < 1.29 is 28.6 Å². The summed E-state index contributed by atoms with van der Waals surface area (Å²) in [6.45, 7) is 9.66. The molecule has 4 heterocycles. The van der Waals surface area contributed by atoms with Crippen LogP contribution < -0.4 is 10.1 Å². The van der Waals surface area contributed by atoms with Gasteiger partial charge in [-0.2, -0.15) is 5.10 Å². The van der Waals surface area contributed by atoms with Gasteiger partial charge in [0.05, 0.1) is 30.5 Å². The highest BCUT2D eigenvalue weighted by Gasteiger charge is 2.34. The van der Waals surface area contributed by atoms with Crippen LogP contribution in [0.15, 0.2) is 36.5 Å². The van der Waals surface area contributed by atoms with Crippen molar-refractivity contribution in [3.63, 3.8) is 0 Å². The number of carboxylic acids is 1. The van der Waals surface area contributed by atoms with Crippen LogP contribution in [0.3, 0.4) is 0 Å². The van der Waals surface area contributed by atoms with E-state index in [1.54, 1.807) is 50.7 Å². The van der Waals surface area contributed by atoms with Crippen LogP contribution in [0, 0.1) is 19.7 Å². The predicted molar refractivity (Wildman–Crippen MR) is 172 cm³/mol. The van der Waals surface area contributed by atoms with Gasteiger partial charge in [0.25, 0.3) is 5.91 Å². The number of aliphatic carboxylic acids is 1. The van der Waals surface area contributed by atoms with Crippen LogP contribution in [0.2, 0.25) is 0 Å². The van der Waals surface area contributed by atoms with Crippen molar-refractivity contribution in [3.8, 4) is 16.9 Å². The Kier molecular flexibility index (Phi) is 7.84. The maximum Gasteiger partial charge on any atom is 0.337 e. The third-order valence-electron chi connectivity index (χ3n) is 8.60. The van der Waals surface area contributed by atoms with Gasteiger partial charge < -0.3 is 24.5 Å². The number of halogens is 1. The third-order valence-corrected chi connectivity index (χ3v) is 8.60. The highest BCUT2D eigenvalue weighted by molar-refractivity contribution is 6.00. The lowest BCUT2D eigenvalue weighted by Crippen LogP contribution is -2.28. The van der Waals surface area contributed by atoms with Gasteiger partial charge in [-0.15, -0.1) is 0 Å². The van der Waals surface area contributed by atoms with Crippen molar-refractivity contribution in [2.75, 3.05) is 6.61 Å². The topological polar surface area (TPSA) is 121 Å². The molecule has 0 unspecified atom stereocenters. The molecule has 0 aliphatic carbocycles. The van der Waals surface area contributed by atoms with Crippen LogP contribution >= 0.6 is 0 Å². The van der Waals surface area contributed by atoms with Gasteiger partial charge in [0.1, 0.15) is 5.65 Å². The van der Waals surface area contributed by atoms with Gasteiger partial charge in [0, 0.05) is 58.5 Å². The second-order valence-corrected chi connectivity index (χ2v) is 12.9. The molecule has 0 fully saturated rings. The van der Waals surface area contributed by atoms with E-state index in [0.29, 0.717) is 52.0 Å². The first-order valence-corrected chi connectivity index (χ1v) is 15.3. The summed E-state index contributed by atoms with van der Waals surface area (Å²) in [5.74, 6) is -1.67. The van der Waals surface area contributed by atoms with Gasteiger partial charge in [0.2, 0.25) is 0 Å². The average molecular weight is 628 g/mol. The molecular weight excluding hydrogens is 589 g/mol. The zero-order chi connectivity index (χ0) is 33.1. The SMILES string of the molecule is Cc1nc2c(cc(CNC(=O)c3ccc4c(cnn4C)c3)n2C)c(-c2cc(F)c3c(c2C)CCCO3)c1[C@H](OC(C)(C)C)C(=O)O. The second kappa shape index (κ2) is 11.5. The van der Waals surface area contributed by atoms with Crippen molar-refractivity contribution in [2.24, 2.45) is 14.1 Å². The van der Waals surface area contributed by atoms with E-state index < -0.39 is 23.5 Å². The molecule has 0 radical (unpaired) electrons. The Morgan fingerprint density at radius 1 is 1.17 bits per heavy atom. The van der Waals surface area contributed by atoms with E-state index in [4.69, 9.17) is 14.5 Å². The number of nitrogens with zero attached hydrogens (tertiary/aromatic N) is 4. The van der Waals surface area contributed by atoms with E-state index in [1.807, 2.05) is 37.7 Å². The summed E-state index contributed by atoms with van der Waals surface area (Å²) in [7, 11) is 3.69. The zero-order valence-corrected chi connectivity index (χ0v) is 27.1.